The van der Waals surface area contributed by atoms with Gasteiger partial charge in [0.05, 0.1) is 31.7 Å². The fraction of sp³-hybridized carbons (Fsp3) is 0.265. The molecule has 1 fully saturated rings. The van der Waals surface area contributed by atoms with E-state index in [0.29, 0.717) is 69.2 Å². The molecule has 2 N–H and O–H groups in total. The number of nitrogens with zero attached hydrogens (tertiary/aromatic N) is 2. The highest BCUT2D eigenvalue weighted by Crippen LogP contribution is 2.41. The molecule has 2 aliphatic rings. The van der Waals surface area contributed by atoms with Crippen LogP contribution in [0, 0.1) is 5.92 Å². The Morgan fingerprint density at radius 2 is 1.76 bits per heavy atom. The molecule has 0 unspecified atom stereocenters. The molecule has 11 heteroatoms. The van der Waals surface area contributed by atoms with Crippen LogP contribution in [0.25, 0.3) is 17.3 Å². The van der Waals surface area contributed by atoms with Gasteiger partial charge in [-0.25, -0.2) is 9.59 Å². The number of benzene rings is 3. The van der Waals surface area contributed by atoms with Crippen molar-refractivity contribution in [2.45, 2.75) is 32.4 Å². The number of hydrogen-bond acceptors (Lipinski definition) is 8. The van der Waals surface area contributed by atoms with Gasteiger partial charge in [0.1, 0.15) is 23.9 Å². The maximum atomic E-state index is 12.6. The second kappa shape index (κ2) is 12.7. The Balaban J connectivity index is 1.41. The van der Waals surface area contributed by atoms with Gasteiger partial charge in [-0.1, -0.05) is 18.2 Å². The van der Waals surface area contributed by atoms with E-state index >= 15 is 0 Å². The zero-order valence-electron chi connectivity index (χ0n) is 24.8. The van der Waals surface area contributed by atoms with Crippen LogP contribution in [0.5, 0.6) is 28.7 Å². The molecule has 4 aromatic rings. The molecule has 1 saturated carbocycles. The average Bonchev–Trinajstić information content (AvgIpc) is 3.60. The van der Waals surface area contributed by atoms with Gasteiger partial charge < -0.3 is 33.9 Å². The first-order valence-corrected chi connectivity index (χ1v) is 14.4. The Morgan fingerprint density at radius 1 is 0.978 bits per heavy atom. The summed E-state index contributed by atoms with van der Waals surface area (Å²) >= 11 is 0. The van der Waals surface area contributed by atoms with Gasteiger partial charge in [0.25, 0.3) is 0 Å². The van der Waals surface area contributed by atoms with E-state index in [9.17, 15) is 19.8 Å². The number of ether oxygens (including phenoxy) is 5. The summed E-state index contributed by atoms with van der Waals surface area (Å²) in [6, 6.07) is 15.5. The van der Waals surface area contributed by atoms with Crippen LogP contribution < -0.4 is 23.7 Å². The van der Waals surface area contributed by atoms with E-state index in [2.05, 4.69) is 5.10 Å². The lowest BCUT2D eigenvalue weighted by molar-refractivity contribution is -0.132. The molecule has 1 aromatic heterocycles. The summed E-state index contributed by atoms with van der Waals surface area (Å²) in [6.45, 7) is 0.741. The van der Waals surface area contributed by atoms with Gasteiger partial charge in [-0.05, 0) is 49.1 Å². The SMILES string of the molecule is COc1ccc(-c2c(C=C(Cc3cc4c(cc3OC)OCO4)C(=O)O)cnn2CC2CC2)c(OCc2ccccc2C(=O)O)c1. The van der Waals surface area contributed by atoms with E-state index in [0.717, 1.165) is 12.8 Å². The van der Waals surface area contributed by atoms with Crippen molar-refractivity contribution in [2.24, 2.45) is 5.92 Å². The van der Waals surface area contributed by atoms with Gasteiger partial charge in [0.2, 0.25) is 6.79 Å². The van der Waals surface area contributed by atoms with Crippen molar-refractivity contribution in [1.82, 2.24) is 9.78 Å². The molecule has 11 nitrogen and oxygen atoms in total. The van der Waals surface area contributed by atoms with Gasteiger partial charge >= 0.3 is 11.9 Å². The number of fused-ring (bicyclic) bond motifs is 1. The van der Waals surface area contributed by atoms with Crippen LogP contribution in [0.2, 0.25) is 0 Å². The number of hydrogen-bond donors (Lipinski definition) is 2. The number of rotatable bonds is 13. The predicted octanol–water partition coefficient (Wildman–Crippen LogP) is 5.69. The van der Waals surface area contributed by atoms with E-state index in [1.165, 1.54) is 13.2 Å². The minimum Gasteiger partial charge on any atom is -0.497 e. The number of carboxylic acid groups (broad SMARTS) is 2. The van der Waals surface area contributed by atoms with Crippen molar-refractivity contribution in [3.63, 3.8) is 0 Å². The van der Waals surface area contributed by atoms with E-state index in [-0.39, 0.29) is 31.0 Å². The van der Waals surface area contributed by atoms with Gasteiger partial charge in [-0.15, -0.1) is 0 Å². The Labute approximate surface area is 259 Å². The lowest BCUT2D eigenvalue weighted by atomic mass is 9.99. The second-order valence-electron chi connectivity index (χ2n) is 10.9. The van der Waals surface area contributed by atoms with Crippen molar-refractivity contribution in [1.29, 1.82) is 0 Å². The average molecular weight is 613 g/mol. The summed E-state index contributed by atoms with van der Waals surface area (Å²) < 4.78 is 30.1. The lowest BCUT2D eigenvalue weighted by Crippen LogP contribution is -2.08. The number of aromatic carboxylic acids is 1. The smallest absolute Gasteiger partial charge is 0.336 e. The molecule has 45 heavy (non-hydrogen) atoms. The highest BCUT2D eigenvalue weighted by molar-refractivity contribution is 5.94. The van der Waals surface area contributed by atoms with Gasteiger partial charge in [0.15, 0.2) is 11.5 Å². The summed E-state index contributed by atoms with van der Waals surface area (Å²) in [5.74, 6) is 0.882. The topological polar surface area (TPSA) is 139 Å². The highest BCUT2D eigenvalue weighted by Gasteiger charge is 2.27. The Hall–Kier alpha value is -5.45. The van der Waals surface area contributed by atoms with Gasteiger partial charge in [-0.3, -0.25) is 4.68 Å². The summed E-state index contributed by atoms with van der Waals surface area (Å²) in [4.78, 5) is 24.4. The number of methoxy groups -OCH3 is 2. The minimum atomic E-state index is -1.09. The van der Waals surface area contributed by atoms with E-state index in [4.69, 9.17) is 23.7 Å². The second-order valence-corrected chi connectivity index (χ2v) is 10.9. The Kier molecular flexibility index (Phi) is 8.33. The molecule has 1 aliphatic heterocycles. The number of aliphatic carboxylic acids is 1. The lowest BCUT2D eigenvalue weighted by Gasteiger charge is -2.16. The molecular weight excluding hydrogens is 580 g/mol. The van der Waals surface area contributed by atoms with Gasteiger partial charge in [-0.2, -0.15) is 5.10 Å². The first kappa shape index (κ1) is 29.6. The van der Waals surface area contributed by atoms with Crippen LogP contribution in [-0.2, 0) is 24.4 Å². The maximum Gasteiger partial charge on any atom is 0.336 e. The molecule has 232 valence electrons. The largest absolute Gasteiger partial charge is 0.497 e. The molecule has 1 aliphatic carbocycles. The molecule has 0 saturated heterocycles. The van der Waals surface area contributed by atoms with E-state index in [1.807, 2.05) is 10.7 Å². The molecule has 0 amide bonds. The van der Waals surface area contributed by atoms with Crippen LogP contribution in [0.4, 0.5) is 0 Å². The van der Waals surface area contributed by atoms with Crippen LogP contribution >= 0.6 is 0 Å². The van der Waals surface area contributed by atoms with Crippen LogP contribution in [0.15, 0.2) is 66.4 Å². The van der Waals surface area contributed by atoms with Crippen molar-refractivity contribution < 1.29 is 43.5 Å². The third-order valence-electron chi connectivity index (χ3n) is 7.83. The van der Waals surface area contributed by atoms with E-state index < -0.39 is 11.9 Å². The summed E-state index contributed by atoms with van der Waals surface area (Å²) in [6.07, 6.45) is 5.51. The van der Waals surface area contributed by atoms with Crippen LogP contribution in [0.1, 0.15) is 39.9 Å². The normalized spacial score (nSPS) is 13.9. The predicted molar refractivity (Wildman–Crippen MR) is 163 cm³/mol. The zero-order chi connectivity index (χ0) is 31.5. The molecular formula is C34H32N2O9. The molecule has 6 rings (SSSR count). The standard InChI is InChI=1S/C34H32N2O9/c1-41-25-9-10-27(29(14-25)43-18-21-5-3-4-6-26(21)34(39)40)32-24(16-35-36(32)17-20-7-8-20)12-23(33(37)38)11-22-13-30-31(45-19-44-30)15-28(22)42-2/h3-6,9-10,12-16,20H,7-8,11,17-19H2,1-2H3,(H,37,38)(H,39,40). The summed E-state index contributed by atoms with van der Waals surface area (Å²) in [5, 5.41) is 24.6. The molecule has 0 atom stereocenters. The number of carbonyl (C=O) groups is 2. The fourth-order valence-electron chi connectivity index (χ4n) is 5.31. The quantitative estimate of drug-likeness (QED) is 0.181. The summed E-state index contributed by atoms with van der Waals surface area (Å²) in [5.41, 5.74) is 3.35. The monoisotopic (exact) mass is 612 g/mol. The minimum absolute atomic E-state index is 0.00510. The van der Waals surface area contributed by atoms with Gasteiger partial charge in [0, 0.05) is 52.9 Å². The first-order valence-electron chi connectivity index (χ1n) is 14.4. The maximum absolute atomic E-state index is 12.6. The van der Waals surface area contributed by atoms with E-state index in [1.54, 1.807) is 61.8 Å². The molecule has 0 spiro atoms. The van der Waals surface area contributed by atoms with Crippen molar-refractivity contribution in [2.75, 3.05) is 21.0 Å². The summed E-state index contributed by atoms with van der Waals surface area (Å²) in [7, 11) is 3.07. The fourth-order valence-corrected chi connectivity index (χ4v) is 5.31. The van der Waals surface area contributed by atoms with Crippen molar-refractivity contribution in [3.8, 4) is 40.0 Å². The zero-order valence-corrected chi connectivity index (χ0v) is 24.8. The molecule has 0 radical (unpaired) electrons. The van der Waals surface area contributed by atoms with Crippen molar-refractivity contribution in [3.05, 3.63) is 88.6 Å². The Morgan fingerprint density at radius 3 is 2.47 bits per heavy atom. The Bertz CT molecular complexity index is 1790. The number of carboxylic acids is 2. The third-order valence-corrected chi connectivity index (χ3v) is 7.83. The highest BCUT2D eigenvalue weighted by atomic mass is 16.7. The van der Waals surface area contributed by atoms with Crippen LogP contribution in [-0.4, -0.2) is 52.9 Å². The molecule has 3 aromatic carbocycles. The number of aromatic nitrogens is 2. The molecule has 0 bridgehead atoms. The van der Waals surface area contributed by atoms with Crippen LogP contribution in [0.3, 0.4) is 0 Å². The first-order chi connectivity index (χ1) is 21.8. The molecule has 2 heterocycles. The third kappa shape index (κ3) is 6.42. The van der Waals surface area contributed by atoms with Crippen molar-refractivity contribution >= 4 is 18.0 Å².